The molecule has 0 aromatic heterocycles. The predicted octanol–water partition coefficient (Wildman–Crippen LogP) is 11.7. The second kappa shape index (κ2) is 36.4. The van der Waals surface area contributed by atoms with Crippen LogP contribution in [0.1, 0.15) is 155 Å². The summed E-state index contributed by atoms with van der Waals surface area (Å²) in [5.74, 6) is -0.840. The molecular formula is C44H79NO8P+. The van der Waals surface area contributed by atoms with E-state index in [0.29, 0.717) is 23.9 Å². The summed E-state index contributed by atoms with van der Waals surface area (Å²) in [4.78, 5) is 35.3. The van der Waals surface area contributed by atoms with Crippen molar-refractivity contribution in [1.82, 2.24) is 0 Å². The Bertz CT molecular complexity index is 1110. The number of carbonyl (C=O) groups excluding carboxylic acids is 2. The van der Waals surface area contributed by atoms with E-state index in [1.165, 1.54) is 25.7 Å². The molecule has 0 aromatic carbocycles. The molecule has 10 heteroatoms. The van der Waals surface area contributed by atoms with Crippen molar-refractivity contribution in [2.24, 2.45) is 0 Å². The molecule has 0 aliphatic carbocycles. The van der Waals surface area contributed by atoms with E-state index < -0.39 is 32.5 Å². The molecule has 54 heavy (non-hydrogen) atoms. The van der Waals surface area contributed by atoms with Gasteiger partial charge in [-0.3, -0.25) is 18.6 Å². The van der Waals surface area contributed by atoms with Gasteiger partial charge in [-0.05, 0) is 77.0 Å². The van der Waals surface area contributed by atoms with Gasteiger partial charge in [-0.2, -0.15) is 0 Å². The Morgan fingerprint density at radius 2 is 1.06 bits per heavy atom. The maximum absolute atomic E-state index is 12.7. The van der Waals surface area contributed by atoms with Gasteiger partial charge < -0.3 is 18.9 Å². The molecule has 0 aliphatic heterocycles. The van der Waals surface area contributed by atoms with Gasteiger partial charge in [-0.25, -0.2) is 4.57 Å². The number of carbonyl (C=O) groups is 2. The molecule has 0 saturated heterocycles. The van der Waals surface area contributed by atoms with Crippen LogP contribution in [-0.4, -0.2) is 74.9 Å². The highest BCUT2D eigenvalue weighted by Gasteiger charge is 2.27. The topological polar surface area (TPSA) is 108 Å². The molecule has 0 aromatic rings. The highest BCUT2D eigenvalue weighted by Crippen LogP contribution is 2.43. The molecule has 0 rings (SSSR count). The van der Waals surface area contributed by atoms with Crippen LogP contribution in [0, 0.1) is 0 Å². The number of esters is 2. The number of nitrogens with zero attached hydrogens (tertiary/aromatic N) is 1. The predicted molar refractivity (Wildman–Crippen MR) is 224 cm³/mol. The molecular weight excluding hydrogens is 701 g/mol. The standard InChI is InChI=1S/C44H78NO8P/c1-6-8-10-12-14-16-18-20-22-24-26-28-30-32-34-36-43(46)50-40-42(41-52-54(48,49)51-39-38-45(3,4)5)53-44(47)37-35-33-31-29-27-25-23-21-19-17-15-13-11-9-7-2/h8,10,14-17,20-23,42H,6-7,9,11-13,18-19,24-41H2,1-5H3/p+1/b10-8-,16-14-,17-15-,22-20-,23-21-/t42-/m1/s1. The summed E-state index contributed by atoms with van der Waals surface area (Å²) in [6.45, 7) is 4.23. The van der Waals surface area contributed by atoms with Gasteiger partial charge >= 0.3 is 19.8 Å². The van der Waals surface area contributed by atoms with Crippen LogP contribution in [0.3, 0.4) is 0 Å². The van der Waals surface area contributed by atoms with Crippen molar-refractivity contribution in [1.29, 1.82) is 0 Å². The van der Waals surface area contributed by atoms with Gasteiger partial charge in [0.1, 0.15) is 19.8 Å². The maximum atomic E-state index is 12.7. The first-order valence-corrected chi connectivity index (χ1v) is 22.5. The summed E-state index contributed by atoms with van der Waals surface area (Å²) in [7, 11) is 1.45. The summed E-state index contributed by atoms with van der Waals surface area (Å²) < 4.78 is 34.2. The SMILES string of the molecule is CC/C=C\C/C=C\C/C=C\CCCCCCCC(=O)OC[C@H](COP(=O)(O)OCC[N+](C)(C)C)OC(=O)CCCCCCC/C=C\C/C=C\CCCCC. The van der Waals surface area contributed by atoms with E-state index in [2.05, 4.69) is 74.6 Å². The number of hydrogen-bond donors (Lipinski definition) is 1. The fourth-order valence-electron chi connectivity index (χ4n) is 5.23. The molecule has 9 nitrogen and oxygen atoms in total. The number of phosphoric acid groups is 1. The molecule has 0 radical (unpaired) electrons. The zero-order chi connectivity index (χ0) is 40.0. The summed E-state index contributed by atoms with van der Waals surface area (Å²) in [5, 5.41) is 0. The minimum absolute atomic E-state index is 0.0231. The molecule has 0 heterocycles. The number of phosphoric ester groups is 1. The number of quaternary nitrogens is 1. The Morgan fingerprint density at radius 3 is 1.57 bits per heavy atom. The lowest BCUT2D eigenvalue weighted by molar-refractivity contribution is -0.870. The van der Waals surface area contributed by atoms with Gasteiger partial charge in [0, 0.05) is 12.8 Å². The van der Waals surface area contributed by atoms with Crippen LogP contribution in [0.4, 0.5) is 0 Å². The molecule has 0 spiro atoms. The van der Waals surface area contributed by atoms with Crippen LogP contribution in [0.25, 0.3) is 0 Å². The smallest absolute Gasteiger partial charge is 0.462 e. The van der Waals surface area contributed by atoms with Crippen molar-refractivity contribution in [3.8, 4) is 0 Å². The van der Waals surface area contributed by atoms with E-state index in [4.69, 9.17) is 18.5 Å². The summed E-state index contributed by atoms with van der Waals surface area (Å²) in [5.41, 5.74) is 0. The van der Waals surface area contributed by atoms with Crippen molar-refractivity contribution in [3.05, 3.63) is 60.8 Å². The summed E-state index contributed by atoms with van der Waals surface area (Å²) in [6, 6.07) is 0. The van der Waals surface area contributed by atoms with Gasteiger partial charge in [0.2, 0.25) is 0 Å². The lowest BCUT2D eigenvalue weighted by Gasteiger charge is -2.24. The number of unbranched alkanes of at least 4 members (excludes halogenated alkanes) is 13. The van der Waals surface area contributed by atoms with Crippen molar-refractivity contribution in [2.75, 3.05) is 47.5 Å². The van der Waals surface area contributed by atoms with Gasteiger partial charge in [0.05, 0.1) is 27.7 Å². The first-order valence-electron chi connectivity index (χ1n) is 21.0. The van der Waals surface area contributed by atoms with Gasteiger partial charge in [0.25, 0.3) is 0 Å². The zero-order valence-electron chi connectivity index (χ0n) is 34.9. The number of rotatable bonds is 37. The monoisotopic (exact) mass is 781 g/mol. The highest BCUT2D eigenvalue weighted by atomic mass is 31.2. The zero-order valence-corrected chi connectivity index (χ0v) is 35.8. The van der Waals surface area contributed by atoms with E-state index >= 15 is 0 Å². The number of allylic oxidation sites excluding steroid dienone is 10. The van der Waals surface area contributed by atoms with Crippen molar-refractivity contribution in [3.63, 3.8) is 0 Å². The third kappa shape index (κ3) is 39.4. The normalized spacial score (nSPS) is 14.3. The minimum Gasteiger partial charge on any atom is -0.462 e. The van der Waals surface area contributed by atoms with Crippen LogP contribution in [-0.2, 0) is 32.7 Å². The van der Waals surface area contributed by atoms with Crippen molar-refractivity contribution < 1.29 is 42.1 Å². The molecule has 0 amide bonds. The quantitative estimate of drug-likeness (QED) is 0.0218. The Hall–Kier alpha value is -2.29. The van der Waals surface area contributed by atoms with Gasteiger partial charge in [0.15, 0.2) is 6.10 Å². The third-order valence-electron chi connectivity index (χ3n) is 8.53. The minimum atomic E-state index is -4.38. The molecule has 2 atom stereocenters. The molecule has 0 saturated carbocycles. The molecule has 312 valence electrons. The number of ether oxygens (including phenoxy) is 2. The van der Waals surface area contributed by atoms with Crippen LogP contribution in [0.2, 0.25) is 0 Å². The second-order valence-corrected chi connectivity index (χ2v) is 16.4. The third-order valence-corrected chi connectivity index (χ3v) is 9.52. The van der Waals surface area contributed by atoms with Crippen LogP contribution >= 0.6 is 7.82 Å². The first-order chi connectivity index (χ1) is 26.0. The largest absolute Gasteiger partial charge is 0.472 e. The van der Waals surface area contributed by atoms with Gasteiger partial charge in [-0.1, -0.05) is 126 Å². The van der Waals surface area contributed by atoms with E-state index in [1.54, 1.807) is 0 Å². The maximum Gasteiger partial charge on any atom is 0.472 e. The van der Waals surface area contributed by atoms with Crippen LogP contribution in [0.15, 0.2) is 60.8 Å². The summed E-state index contributed by atoms with van der Waals surface area (Å²) >= 11 is 0. The van der Waals surface area contributed by atoms with E-state index in [1.807, 2.05) is 21.1 Å². The lowest BCUT2D eigenvalue weighted by atomic mass is 10.1. The van der Waals surface area contributed by atoms with E-state index in [9.17, 15) is 19.0 Å². The molecule has 0 bridgehead atoms. The van der Waals surface area contributed by atoms with E-state index in [-0.39, 0.29) is 26.1 Å². The average molecular weight is 781 g/mol. The number of hydrogen-bond acceptors (Lipinski definition) is 7. The first kappa shape index (κ1) is 51.7. The second-order valence-electron chi connectivity index (χ2n) is 15.0. The molecule has 0 aliphatic rings. The molecule has 1 N–H and O–H groups in total. The molecule has 0 fully saturated rings. The fourth-order valence-corrected chi connectivity index (χ4v) is 5.97. The average Bonchev–Trinajstić information content (AvgIpc) is 3.12. The van der Waals surface area contributed by atoms with E-state index in [0.717, 1.165) is 89.9 Å². The highest BCUT2D eigenvalue weighted by molar-refractivity contribution is 7.47. The summed E-state index contributed by atoms with van der Waals surface area (Å²) in [6.07, 6.45) is 42.6. The molecule has 1 unspecified atom stereocenters. The van der Waals surface area contributed by atoms with Crippen LogP contribution < -0.4 is 0 Å². The Labute approximate surface area is 330 Å². The Kier molecular flexibility index (Phi) is 34.8. The van der Waals surface area contributed by atoms with Gasteiger partial charge in [-0.15, -0.1) is 0 Å². The lowest BCUT2D eigenvalue weighted by Crippen LogP contribution is -2.37. The van der Waals surface area contributed by atoms with Crippen molar-refractivity contribution in [2.45, 2.75) is 161 Å². The van der Waals surface area contributed by atoms with Crippen molar-refractivity contribution >= 4 is 19.8 Å². The Morgan fingerprint density at radius 1 is 0.593 bits per heavy atom. The number of likely N-dealkylation sites (N-methyl/N-ethyl adjacent to an activating group) is 1. The Balaban J connectivity index is 4.45. The van der Waals surface area contributed by atoms with Crippen LogP contribution in [0.5, 0.6) is 0 Å². The fraction of sp³-hybridized carbons (Fsp3) is 0.727.